The van der Waals surface area contributed by atoms with Gasteiger partial charge in [-0.15, -0.1) is 11.3 Å². The van der Waals surface area contributed by atoms with Crippen molar-refractivity contribution in [2.24, 2.45) is 15.9 Å². The van der Waals surface area contributed by atoms with Gasteiger partial charge in [-0.05, 0) is 111 Å². The van der Waals surface area contributed by atoms with E-state index in [2.05, 4.69) is 209 Å². The van der Waals surface area contributed by atoms with Crippen molar-refractivity contribution in [2.75, 3.05) is 0 Å². The van der Waals surface area contributed by atoms with Crippen LogP contribution in [0.15, 0.2) is 204 Å². The van der Waals surface area contributed by atoms with Gasteiger partial charge in [-0.3, -0.25) is 0 Å². The van der Waals surface area contributed by atoms with Crippen LogP contribution in [0, 0.1) is 12.8 Å². The smallest absolute Gasteiger partial charge is 0.160 e. The lowest BCUT2D eigenvalue weighted by Gasteiger charge is -2.29. The van der Waals surface area contributed by atoms with Crippen molar-refractivity contribution in [3.63, 3.8) is 0 Å². The molecule has 1 aromatic heterocycles. The zero-order valence-electron chi connectivity index (χ0n) is 35.1. The van der Waals surface area contributed by atoms with Crippen molar-refractivity contribution >= 4 is 48.8 Å². The van der Waals surface area contributed by atoms with E-state index in [1.165, 1.54) is 92.5 Å². The standard InChI is InChI=1S/C59H44N2S/c1-36-32-47-44-26-15-16-28-51(44)59(3,41-22-11-6-12-23-41)52(47)35-46(36)43-25-14-13-24-42(43)37(2)40-30-31-53-50(33-40)55-45(27-17-29-54(55)62-53)57-49-34-48(49)56(38-18-7-4-8-19-38)60-58(61-57)39-20-9-5-10-21-39/h4-33,35,37,48H,34H2,1-3H3/t37-,48?,59?/m1/s1. The van der Waals surface area contributed by atoms with Gasteiger partial charge < -0.3 is 0 Å². The number of amidine groups is 1. The Balaban J connectivity index is 0.978. The van der Waals surface area contributed by atoms with Crippen molar-refractivity contribution in [1.29, 1.82) is 0 Å². The van der Waals surface area contributed by atoms with E-state index in [0.717, 1.165) is 29.2 Å². The molecule has 62 heavy (non-hydrogen) atoms. The second-order valence-electron chi connectivity index (χ2n) is 17.4. The SMILES string of the molecule is Cc1cc2c(cc1-c1ccccc1[C@H](C)c1ccc3sc4cccc(C5=C6CC6C(c6ccccc6)=NC(c6ccccc6)=N5)c4c3c1)C(C)(c1ccccc1)c1ccccc1-2. The topological polar surface area (TPSA) is 24.7 Å². The summed E-state index contributed by atoms with van der Waals surface area (Å²) in [4.78, 5) is 10.8. The maximum absolute atomic E-state index is 5.49. The number of nitrogens with zero attached hydrogens (tertiary/aromatic N) is 2. The summed E-state index contributed by atoms with van der Waals surface area (Å²) in [7, 11) is 0. The minimum absolute atomic E-state index is 0.153. The summed E-state index contributed by atoms with van der Waals surface area (Å²) >= 11 is 1.88. The fourth-order valence-corrected chi connectivity index (χ4v) is 11.6. The molecular formula is C59H44N2S. The molecule has 8 aromatic carbocycles. The van der Waals surface area contributed by atoms with Gasteiger partial charge in [0, 0.05) is 48.5 Å². The summed E-state index contributed by atoms with van der Waals surface area (Å²) in [6.07, 6.45) is 0.977. The highest BCUT2D eigenvalue weighted by Crippen LogP contribution is 2.55. The number of thiophene rings is 1. The van der Waals surface area contributed by atoms with Crippen LogP contribution in [0.3, 0.4) is 0 Å². The molecule has 1 saturated carbocycles. The lowest BCUT2D eigenvalue weighted by atomic mass is 9.73. The summed E-state index contributed by atoms with van der Waals surface area (Å²) in [5, 5.41) is 2.58. The average Bonchev–Trinajstić information content (AvgIpc) is 3.99. The van der Waals surface area contributed by atoms with Crippen LogP contribution in [0.25, 0.3) is 48.1 Å². The van der Waals surface area contributed by atoms with E-state index in [-0.39, 0.29) is 17.3 Å². The lowest BCUT2D eigenvalue weighted by molar-refractivity contribution is 0.714. The molecule has 2 nitrogen and oxygen atoms in total. The van der Waals surface area contributed by atoms with Crippen LogP contribution in [-0.2, 0) is 5.41 Å². The van der Waals surface area contributed by atoms with Gasteiger partial charge in [0.2, 0.25) is 0 Å². The Morgan fingerprint density at radius 2 is 1.24 bits per heavy atom. The zero-order chi connectivity index (χ0) is 41.5. The molecule has 3 heteroatoms. The van der Waals surface area contributed by atoms with Crippen molar-refractivity contribution in [3.8, 4) is 22.3 Å². The number of hydrogen-bond acceptors (Lipinski definition) is 3. The molecule has 9 aromatic rings. The van der Waals surface area contributed by atoms with Gasteiger partial charge in [0.25, 0.3) is 0 Å². The minimum atomic E-state index is -0.256. The summed E-state index contributed by atoms with van der Waals surface area (Å²) in [5.41, 5.74) is 20.0. The Kier molecular flexibility index (Phi) is 8.52. The Morgan fingerprint density at radius 1 is 0.565 bits per heavy atom. The molecule has 3 aliphatic rings. The van der Waals surface area contributed by atoms with Crippen LogP contribution in [-0.4, -0.2) is 11.5 Å². The molecular weight excluding hydrogens is 769 g/mol. The third-order valence-electron chi connectivity index (χ3n) is 13.9. The van der Waals surface area contributed by atoms with Crippen molar-refractivity contribution < 1.29 is 0 Å². The maximum atomic E-state index is 5.49. The van der Waals surface area contributed by atoms with Crippen LogP contribution < -0.4 is 0 Å². The first-order valence-electron chi connectivity index (χ1n) is 21.8. The zero-order valence-corrected chi connectivity index (χ0v) is 35.9. The van der Waals surface area contributed by atoms with E-state index in [9.17, 15) is 0 Å². The van der Waals surface area contributed by atoms with E-state index in [0.29, 0.717) is 0 Å². The number of hydrogen-bond donors (Lipinski definition) is 0. The van der Waals surface area contributed by atoms with E-state index in [4.69, 9.17) is 9.98 Å². The molecule has 0 radical (unpaired) electrons. The van der Waals surface area contributed by atoms with Crippen LogP contribution in [0.1, 0.15) is 76.3 Å². The average molecular weight is 813 g/mol. The molecule has 1 fully saturated rings. The quantitative estimate of drug-likeness (QED) is 0.153. The number of aryl methyl sites for hydroxylation is 1. The van der Waals surface area contributed by atoms with Crippen molar-refractivity contribution in [1.82, 2.24) is 0 Å². The molecule has 12 rings (SSSR count). The number of rotatable bonds is 7. The van der Waals surface area contributed by atoms with Gasteiger partial charge in [-0.1, -0.05) is 171 Å². The lowest BCUT2D eigenvalue weighted by Crippen LogP contribution is -2.22. The molecule has 0 bridgehead atoms. The molecule has 0 amide bonds. The van der Waals surface area contributed by atoms with Crippen LogP contribution in [0.4, 0.5) is 0 Å². The largest absolute Gasteiger partial charge is 0.232 e. The fourth-order valence-electron chi connectivity index (χ4n) is 10.5. The molecule has 2 unspecified atom stereocenters. The summed E-state index contributed by atoms with van der Waals surface area (Å²) < 4.78 is 2.58. The van der Waals surface area contributed by atoms with Crippen LogP contribution in [0.5, 0.6) is 0 Å². The molecule has 0 N–H and O–H groups in total. The third kappa shape index (κ3) is 5.76. The highest BCUT2D eigenvalue weighted by molar-refractivity contribution is 7.25. The summed E-state index contributed by atoms with van der Waals surface area (Å²) in [5.74, 6) is 1.18. The van der Waals surface area contributed by atoms with Crippen LogP contribution in [0.2, 0.25) is 0 Å². The number of allylic oxidation sites excluding steroid dienone is 1. The van der Waals surface area contributed by atoms with Gasteiger partial charge in [0.1, 0.15) is 0 Å². The maximum Gasteiger partial charge on any atom is 0.160 e. The van der Waals surface area contributed by atoms with Gasteiger partial charge in [0.05, 0.1) is 11.4 Å². The van der Waals surface area contributed by atoms with Crippen molar-refractivity contribution in [2.45, 2.75) is 38.5 Å². The minimum Gasteiger partial charge on any atom is -0.232 e. The molecule has 3 atom stereocenters. The predicted octanol–water partition coefficient (Wildman–Crippen LogP) is 15.2. The summed E-state index contributed by atoms with van der Waals surface area (Å²) in [6.45, 7) is 7.08. The monoisotopic (exact) mass is 812 g/mol. The van der Waals surface area contributed by atoms with Gasteiger partial charge in [-0.2, -0.15) is 0 Å². The van der Waals surface area contributed by atoms with Gasteiger partial charge in [-0.25, -0.2) is 9.98 Å². The molecule has 0 saturated heterocycles. The molecule has 296 valence electrons. The Bertz CT molecular complexity index is 3350. The molecule has 0 spiro atoms. The number of aliphatic imine (C=N–C) groups is 2. The highest BCUT2D eigenvalue weighted by atomic mass is 32.1. The number of fused-ring (bicyclic) bond motifs is 7. The van der Waals surface area contributed by atoms with E-state index in [1.807, 2.05) is 11.3 Å². The molecule has 2 aliphatic carbocycles. The second kappa shape index (κ2) is 14.3. The molecule has 2 heterocycles. The first kappa shape index (κ1) is 36.9. The number of benzene rings is 8. The Hall–Kier alpha value is -6.94. The summed E-state index contributed by atoms with van der Waals surface area (Å²) in [6, 6.07) is 69.1. The highest BCUT2D eigenvalue weighted by Gasteiger charge is 2.42. The van der Waals surface area contributed by atoms with E-state index in [1.54, 1.807) is 0 Å². The third-order valence-corrected chi connectivity index (χ3v) is 15.0. The Labute approximate surface area is 367 Å². The molecule has 1 aliphatic heterocycles. The first-order chi connectivity index (χ1) is 30.5. The van der Waals surface area contributed by atoms with Gasteiger partial charge >= 0.3 is 0 Å². The first-order valence-corrected chi connectivity index (χ1v) is 22.6. The Morgan fingerprint density at radius 3 is 2.03 bits per heavy atom. The van der Waals surface area contributed by atoms with Gasteiger partial charge in [0.15, 0.2) is 5.84 Å². The fraction of sp³-hybridized carbons (Fsp3) is 0.119. The predicted molar refractivity (Wildman–Crippen MR) is 262 cm³/mol. The van der Waals surface area contributed by atoms with Crippen LogP contribution >= 0.6 is 11.3 Å². The van der Waals surface area contributed by atoms with E-state index >= 15 is 0 Å². The van der Waals surface area contributed by atoms with E-state index < -0.39 is 0 Å². The normalized spacial score (nSPS) is 18.1. The second-order valence-corrected chi connectivity index (χ2v) is 18.5. The van der Waals surface area contributed by atoms with Crippen molar-refractivity contribution in [3.05, 3.63) is 244 Å².